The van der Waals surface area contributed by atoms with Gasteiger partial charge >= 0.3 is 0 Å². The average Bonchev–Trinajstić information content (AvgIpc) is 2.43. The Balaban J connectivity index is 2.49. The smallest absolute Gasteiger partial charge is 0.132 e. The van der Waals surface area contributed by atoms with Gasteiger partial charge in [-0.25, -0.2) is 0 Å². The molecular formula is C16H17N3O2. The van der Waals surface area contributed by atoms with Crippen molar-refractivity contribution in [1.29, 1.82) is 10.5 Å². The van der Waals surface area contributed by atoms with Crippen LogP contribution in [0.2, 0.25) is 0 Å². The molecule has 0 bridgehead atoms. The fraction of sp³-hybridized carbons (Fsp3) is 0.375. The van der Waals surface area contributed by atoms with Crippen LogP contribution in [0.4, 0.5) is 0 Å². The van der Waals surface area contributed by atoms with E-state index in [4.69, 9.17) is 15.3 Å². The lowest BCUT2D eigenvalue weighted by molar-refractivity contribution is -0.0627. The largest absolute Gasteiger partial charge is 0.485 e. The molecule has 21 heavy (non-hydrogen) atoms. The van der Waals surface area contributed by atoms with Gasteiger partial charge in [-0.1, -0.05) is 0 Å². The van der Waals surface area contributed by atoms with Gasteiger partial charge in [0.2, 0.25) is 0 Å². The first-order valence-corrected chi connectivity index (χ1v) is 6.63. The van der Waals surface area contributed by atoms with E-state index in [0.29, 0.717) is 22.6 Å². The second-order valence-corrected chi connectivity index (χ2v) is 5.59. The molecule has 1 aliphatic heterocycles. The van der Waals surface area contributed by atoms with Crippen molar-refractivity contribution in [2.75, 3.05) is 0 Å². The number of hydrogen-bond acceptors (Lipinski definition) is 5. The second-order valence-electron chi connectivity index (χ2n) is 5.59. The van der Waals surface area contributed by atoms with Crippen molar-refractivity contribution < 1.29 is 9.84 Å². The molecule has 2 atom stereocenters. The predicted octanol–water partition coefficient (Wildman–Crippen LogP) is 2.15. The van der Waals surface area contributed by atoms with Crippen molar-refractivity contribution >= 4 is 0 Å². The molecule has 5 heteroatoms. The van der Waals surface area contributed by atoms with E-state index in [-0.39, 0.29) is 0 Å². The molecule has 0 amide bonds. The van der Waals surface area contributed by atoms with Gasteiger partial charge in [-0.2, -0.15) is 10.5 Å². The number of benzene rings is 1. The van der Waals surface area contributed by atoms with Crippen LogP contribution in [0.15, 0.2) is 30.0 Å². The summed E-state index contributed by atoms with van der Waals surface area (Å²) in [6.45, 7) is 5.36. The van der Waals surface area contributed by atoms with Crippen LogP contribution in [0.1, 0.15) is 37.9 Å². The van der Waals surface area contributed by atoms with Crippen molar-refractivity contribution in [3.05, 3.63) is 41.1 Å². The van der Waals surface area contributed by atoms with Crippen molar-refractivity contribution in [2.45, 2.75) is 38.5 Å². The predicted molar refractivity (Wildman–Crippen MR) is 77.1 cm³/mol. The Labute approximate surface area is 124 Å². The third-order valence-corrected chi connectivity index (χ3v) is 3.54. The van der Waals surface area contributed by atoms with E-state index >= 15 is 0 Å². The summed E-state index contributed by atoms with van der Waals surface area (Å²) in [6, 6.07) is 8.70. The van der Waals surface area contributed by atoms with Gasteiger partial charge in [-0.15, -0.1) is 0 Å². The molecule has 0 saturated carbocycles. The zero-order chi connectivity index (χ0) is 15.6. The summed E-state index contributed by atoms with van der Waals surface area (Å²) >= 11 is 0. The third kappa shape index (κ3) is 2.84. The first kappa shape index (κ1) is 14.9. The van der Waals surface area contributed by atoms with Crippen molar-refractivity contribution in [2.24, 2.45) is 0 Å². The highest BCUT2D eigenvalue weighted by Crippen LogP contribution is 2.40. The Morgan fingerprint density at radius 3 is 2.76 bits per heavy atom. The SMILES string of the molecule is C/C(=C\C#N)N[C@@H]1c2cc(C#N)ccc2OC(C)(C)[C@H]1O. The Morgan fingerprint density at radius 2 is 2.14 bits per heavy atom. The summed E-state index contributed by atoms with van der Waals surface area (Å²) < 4.78 is 5.82. The second kappa shape index (κ2) is 5.47. The molecule has 0 aliphatic carbocycles. The van der Waals surface area contributed by atoms with E-state index in [0.717, 1.165) is 0 Å². The maximum absolute atomic E-state index is 10.5. The lowest BCUT2D eigenvalue weighted by Crippen LogP contribution is -2.52. The number of hydrogen-bond donors (Lipinski definition) is 2. The van der Waals surface area contributed by atoms with Gasteiger partial charge in [-0.3, -0.25) is 0 Å². The summed E-state index contributed by atoms with van der Waals surface area (Å²) in [5, 5.41) is 31.4. The van der Waals surface area contributed by atoms with Crippen LogP contribution >= 0.6 is 0 Å². The van der Waals surface area contributed by atoms with Gasteiger partial charge < -0.3 is 15.2 Å². The first-order chi connectivity index (χ1) is 9.89. The molecule has 0 spiro atoms. The summed E-state index contributed by atoms with van der Waals surface area (Å²) in [6.07, 6.45) is 0.559. The Kier molecular flexibility index (Phi) is 3.88. The quantitative estimate of drug-likeness (QED) is 0.812. The minimum Gasteiger partial charge on any atom is -0.485 e. The standard InChI is InChI=1S/C16H17N3O2/c1-10(6-7-17)19-14-12-8-11(9-18)4-5-13(12)21-16(2,3)15(14)20/h4-6,8,14-15,19-20H,1-3H3/b10-6+/t14-,15+/m1/s1. The number of nitrogens with one attached hydrogen (secondary N) is 1. The molecule has 1 aromatic carbocycles. The molecule has 2 N–H and O–H groups in total. The van der Waals surface area contributed by atoms with Gasteiger partial charge in [-0.05, 0) is 39.0 Å². The molecule has 0 unspecified atom stereocenters. The molecule has 0 fully saturated rings. The minimum atomic E-state index is -0.819. The van der Waals surface area contributed by atoms with Crippen LogP contribution in [0, 0.1) is 22.7 Å². The van der Waals surface area contributed by atoms with Crippen LogP contribution < -0.4 is 10.1 Å². The fourth-order valence-corrected chi connectivity index (χ4v) is 2.41. The van der Waals surface area contributed by atoms with Crippen LogP contribution in [0.5, 0.6) is 5.75 Å². The van der Waals surface area contributed by atoms with E-state index in [1.807, 2.05) is 6.07 Å². The summed E-state index contributed by atoms with van der Waals surface area (Å²) in [4.78, 5) is 0. The monoisotopic (exact) mass is 283 g/mol. The van der Waals surface area contributed by atoms with Gasteiger partial charge in [0.25, 0.3) is 0 Å². The molecule has 1 aromatic rings. The molecule has 0 radical (unpaired) electrons. The molecule has 108 valence electrons. The Hall–Kier alpha value is -2.50. The summed E-state index contributed by atoms with van der Waals surface area (Å²) in [7, 11) is 0. The zero-order valence-electron chi connectivity index (χ0n) is 12.2. The Bertz CT molecular complexity index is 665. The van der Waals surface area contributed by atoms with E-state index < -0.39 is 17.7 Å². The number of fused-ring (bicyclic) bond motifs is 1. The van der Waals surface area contributed by atoms with Gasteiger partial charge in [0, 0.05) is 17.3 Å². The molecule has 1 heterocycles. The maximum Gasteiger partial charge on any atom is 0.132 e. The molecule has 2 rings (SSSR count). The van der Waals surface area contributed by atoms with Gasteiger partial charge in [0.05, 0.1) is 23.7 Å². The number of ether oxygens (including phenoxy) is 1. The number of rotatable bonds is 2. The number of nitrogens with zero attached hydrogens (tertiary/aromatic N) is 2. The van der Waals surface area contributed by atoms with Crippen LogP contribution in [-0.2, 0) is 0 Å². The zero-order valence-corrected chi connectivity index (χ0v) is 12.2. The van der Waals surface area contributed by atoms with Crippen molar-refractivity contribution in [1.82, 2.24) is 5.32 Å². The van der Waals surface area contributed by atoms with Crippen molar-refractivity contribution in [3.8, 4) is 17.9 Å². The highest BCUT2D eigenvalue weighted by atomic mass is 16.5. The van der Waals surface area contributed by atoms with Gasteiger partial charge in [0.15, 0.2) is 0 Å². The number of aliphatic hydroxyl groups excluding tert-OH is 1. The third-order valence-electron chi connectivity index (χ3n) is 3.54. The molecular weight excluding hydrogens is 266 g/mol. The van der Waals surface area contributed by atoms with E-state index in [1.165, 1.54) is 6.08 Å². The first-order valence-electron chi connectivity index (χ1n) is 6.63. The van der Waals surface area contributed by atoms with Crippen LogP contribution in [-0.4, -0.2) is 16.8 Å². The fourth-order valence-electron chi connectivity index (χ4n) is 2.41. The lowest BCUT2D eigenvalue weighted by atomic mass is 9.86. The number of allylic oxidation sites excluding steroid dienone is 2. The minimum absolute atomic E-state index is 0.443. The Morgan fingerprint density at radius 1 is 1.43 bits per heavy atom. The molecule has 1 aliphatic rings. The molecule has 0 aromatic heterocycles. The van der Waals surface area contributed by atoms with Crippen LogP contribution in [0.25, 0.3) is 0 Å². The topological polar surface area (TPSA) is 89.1 Å². The number of aliphatic hydroxyl groups is 1. The van der Waals surface area contributed by atoms with Crippen molar-refractivity contribution in [3.63, 3.8) is 0 Å². The molecule has 5 nitrogen and oxygen atoms in total. The lowest BCUT2D eigenvalue weighted by Gasteiger charge is -2.42. The van der Waals surface area contributed by atoms with E-state index in [9.17, 15) is 5.11 Å². The average molecular weight is 283 g/mol. The van der Waals surface area contributed by atoms with Crippen LogP contribution in [0.3, 0.4) is 0 Å². The van der Waals surface area contributed by atoms with E-state index in [1.54, 1.807) is 39.0 Å². The number of nitriles is 2. The summed E-state index contributed by atoms with van der Waals surface area (Å²) in [5.41, 5.74) is 1.09. The molecule has 0 saturated heterocycles. The summed E-state index contributed by atoms with van der Waals surface area (Å²) in [5.74, 6) is 0.631. The normalized spacial score (nSPS) is 23.2. The maximum atomic E-state index is 10.5. The highest BCUT2D eigenvalue weighted by Gasteiger charge is 2.43. The highest BCUT2D eigenvalue weighted by molar-refractivity contribution is 5.46. The van der Waals surface area contributed by atoms with Gasteiger partial charge in [0.1, 0.15) is 17.5 Å². The van der Waals surface area contributed by atoms with E-state index in [2.05, 4.69) is 11.4 Å².